The number of hydrogen-bond donors (Lipinski definition) is 1. The van der Waals surface area contributed by atoms with Gasteiger partial charge in [0.15, 0.2) is 0 Å². The van der Waals surface area contributed by atoms with Gasteiger partial charge in [0.05, 0.1) is 5.71 Å². The summed E-state index contributed by atoms with van der Waals surface area (Å²) in [5.41, 5.74) is 3.24. The Hall–Kier alpha value is -1.20. The van der Waals surface area contributed by atoms with Crippen LogP contribution in [-0.4, -0.2) is 24.8 Å². The fraction of sp³-hybridized carbons (Fsp3) is 0.400. The minimum absolute atomic E-state index is 0.0533. The Morgan fingerprint density at radius 1 is 1.67 bits per heavy atom. The lowest BCUT2D eigenvalue weighted by Gasteiger charge is -2.00. The van der Waals surface area contributed by atoms with Gasteiger partial charge in [-0.25, -0.2) is 5.43 Å². The number of hydrazone groups is 1. The number of carbonyl (C=O) groups is 1. The van der Waals surface area contributed by atoms with Gasteiger partial charge in [0.25, 0.3) is 5.91 Å². The molecular formula is C10H14N2O2S. The Morgan fingerprint density at radius 2 is 2.47 bits per heavy atom. The number of amides is 1. The zero-order valence-corrected chi connectivity index (χ0v) is 9.63. The standard InChI is InChI=1S/C10H14N2O2S/c1-3-14-7-10(13)12-11-8(2)9-5-4-6-15-9/h4-6H,3,7H2,1-2H3,(H,12,13)/b11-8+. The molecule has 4 nitrogen and oxygen atoms in total. The van der Waals surface area contributed by atoms with E-state index in [1.54, 1.807) is 11.3 Å². The molecule has 1 amide bonds. The average Bonchev–Trinajstić information content (AvgIpc) is 2.76. The molecule has 1 N–H and O–H groups in total. The molecular weight excluding hydrogens is 212 g/mol. The van der Waals surface area contributed by atoms with Crippen molar-refractivity contribution in [2.75, 3.05) is 13.2 Å². The van der Waals surface area contributed by atoms with Crippen molar-refractivity contribution >= 4 is 23.0 Å². The predicted molar refractivity (Wildman–Crippen MR) is 61.2 cm³/mol. The number of thiophene rings is 1. The molecule has 15 heavy (non-hydrogen) atoms. The summed E-state index contributed by atoms with van der Waals surface area (Å²) in [5.74, 6) is -0.229. The number of nitrogens with zero attached hydrogens (tertiary/aromatic N) is 1. The molecule has 0 aliphatic heterocycles. The maximum absolute atomic E-state index is 11.1. The lowest BCUT2D eigenvalue weighted by molar-refractivity contribution is -0.125. The lowest BCUT2D eigenvalue weighted by Crippen LogP contribution is -2.23. The number of rotatable bonds is 5. The van der Waals surface area contributed by atoms with Crippen molar-refractivity contribution in [3.05, 3.63) is 22.4 Å². The van der Waals surface area contributed by atoms with Crippen LogP contribution in [0.1, 0.15) is 18.7 Å². The van der Waals surface area contributed by atoms with Gasteiger partial charge in [-0.15, -0.1) is 11.3 Å². The Labute approximate surface area is 93.0 Å². The van der Waals surface area contributed by atoms with Gasteiger partial charge in [-0.2, -0.15) is 5.10 Å². The third-order valence-corrected chi connectivity index (χ3v) is 2.64. The molecule has 0 saturated heterocycles. The van der Waals surface area contributed by atoms with E-state index in [0.717, 1.165) is 10.6 Å². The summed E-state index contributed by atoms with van der Waals surface area (Å²) in [7, 11) is 0. The van der Waals surface area contributed by atoms with Crippen LogP contribution in [0.25, 0.3) is 0 Å². The largest absolute Gasteiger partial charge is 0.372 e. The second kappa shape index (κ2) is 6.31. The van der Waals surface area contributed by atoms with Crippen LogP contribution in [0.5, 0.6) is 0 Å². The van der Waals surface area contributed by atoms with E-state index in [4.69, 9.17) is 4.74 Å². The molecule has 0 fully saturated rings. The molecule has 0 aliphatic carbocycles. The van der Waals surface area contributed by atoms with E-state index in [1.165, 1.54) is 0 Å². The summed E-state index contributed by atoms with van der Waals surface area (Å²) in [4.78, 5) is 12.2. The summed E-state index contributed by atoms with van der Waals surface area (Å²) < 4.78 is 4.94. The smallest absolute Gasteiger partial charge is 0.266 e. The minimum atomic E-state index is -0.229. The molecule has 0 spiro atoms. The Balaban J connectivity index is 2.40. The first-order chi connectivity index (χ1) is 7.24. The monoisotopic (exact) mass is 226 g/mol. The molecule has 0 atom stereocenters. The number of carbonyl (C=O) groups excluding carboxylic acids is 1. The molecule has 82 valence electrons. The highest BCUT2D eigenvalue weighted by Gasteiger charge is 2.00. The zero-order chi connectivity index (χ0) is 11.1. The van der Waals surface area contributed by atoms with E-state index < -0.39 is 0 Å². The molecule has 0 unspecified atom stereocenters. The van der Waals surface area contributed by atoms with Gasteiger partial charge < -0.3 is 4.74 Å². The quantitative estimate of drug-likeness (QED) is 0.612. The second-order valence-corrected chi connectivity index (χ2v) is 3.79. The molecule has 1 aromatic rings. The fourth-order valence-electron chi connectivity index (χ4n) is 0.913. The summed E-state index contributed by atoms with van der Waals surface area (Å²) in [6.07, 6.45) is 0. The summed E-state index contributed by atoms with van der Waals surface area (Å²) in [5, 5.41) is 5.94. The fourth-order valence-corrected chi connectivity index (χ4v) is 1.59. The van der Waals surface area contributed by atoms with Gasteiger partial charge >= 0.3 is 0 Å². The Morgan fingerprint density at radius 3 is 3.07 bits per heavy atom. The lowest BCUT2D eigenvalue weighted by atomic mass is 10.3. The van der Waals surface area contributed by atoms with Gasteiger partial charge in [0, 0.05) is 11.5 Å². The van der Waals surface area contributed by atoms with E-state index in [1.807, 2.05) is 31.4 Å². The van der Waals surface area contributed by atoms with Crippen LogP contribution in [0.4, 0.5) is 0 Å². The molecule has 1 rings (SSSR count). The SMILES string of the molecule is CCOCC(=O)N/N=C(\C)c1cccs1. The maximum Gasteiger partial charge on any atom is 0.266 e. The molecule has 1 heterocycles. The first-order valence-electron chi connectivity index (χ1n) is 4.68. The number of ether oxygens (including phenoxy) is 1. The van der Waals surface area contributed by atoms with Gasteiger partial charge in [0.1, 0.15) is 6.61 Å². The molecule has 0 aromatic carbocycles. The van der Waals surface area contributed by atoms with Crippen LogP contribution in [0.3, 0.4) is 0 Å². The van der Waals surface area contributed by atoms with E-state index in [9.17, 15) is 4.79 Å². The molecule has 5 heteroatoms. The van der Waals surface area contributed by atoms with Crippen LogP contribution >= 0.6 is 11.3 Å². The van der Waals surface area contributed by atoms with Gasteiger partial charge in [0.2, 0.25) is 0 Å². The first-order valence-corrected chi connectivity index (χ1v) is 5.56. The maximum atomic E-state index is 11.1. The zero-order valence-electron chi connectivity index (χ0n) is 8.82. The third-order valence-electron chi connectivity index (χ3n) is 1.66. The Kier molecular flexibility index (Phi) is 5.00. The van der Waals surface area contributed by atoms with E-state index in [-0.39, 0.29) is 12.5 Å². The van der Waals surface area contributed by atoms with Crippen molar-refractivity contribution in [2.24, 2.45) is 5.10 Å². The van der Waals surface area contributed by atoms with Gasteiger partial charge in [-0.3, -0.25) is 4.79 Å². The summed E-state index contributed by atoms with van der Waals surface area (Å²) in [6.45, 7) is 4.28. The highest BCUT2D eigenvalue weighted by molar-refractivity contribution is 7.12. The highest BCUT2D eigenvalue weighted by Crippen LogP contribution is 2.08. The molecule has 0 saturated carbocycles. The van der Waals surface area contributed by atoms with Crippen LogP contribution in [-0.2, 0) is 9.53 Å². The van der Waals surface area contributed by atoms with Crippen molar-refractivity contribution in [2.45, 2.75) is 13.8 Å². The van der Waals surface area contributed by atoms with Crippen molar-refractivity contribution < 1.29 is 9.53 Å². The van der Waals surface area contributed by atoms with Crippen LogP contribution in [0.15, 0.2) is 22.6 Å². The summed E-state index contributed by atoms with van der Waals surface area (Å²) >= 11 is 1.59. The number of hydrogen-bond acceptors (Lipinski definition) is 4. The van der Waals surface area contributed by atoms with Crippen LogP contribution in [0, 0.1) is 0 Å². The minimum Gasteiger partial charge on any atom is -0.372 e. The van der Waals surface area contributed by atoms with Crippen molar-refractivity contribution in [1.29, 1.82) is 0 Å². The summed E-state index contributed by atoms with van der Waals surface area (Å²) in [6, 6.07) is 3.90. The van der Waals surface area contributed by atoms with Crippen molar-refractivity contribution in [3.63, 3.8) is 0 Å². The first kappa shape index (κ1) is 11.9. The number of nitrogens with one attached hydrogen (secondary N) is 1. The van der Waals surface area contributed by atoms with E-state index in [0.29, 0.717) is 6.61 Å². The molecule has 0 aliphatic rings. The van der Waals surface area contributed by atoms with Gasteiger partial charge in [-0.1, -0.05) is 6.07 Å². The highest BCUT2D eigenvalue weighted by atomic mass is 32.1. The normalized spacial score (nSPS) is 11.5. The van der Waals surface area contributed by atoms with Crippen LogP contribution in [0.2, 0.25) is 0 Å². The topological polar surface area (TPSA) is 50.7 Å². The van der Waals surface area contributed by atoms with Crippen molar-refractivity contribution in [3.8, 4) is 0 Å². The molecule has 0 bridgehead atoms. The van der Waals surface area contributed by atoms with Crippen molar-refractivity contribution in [1.82, 2.24) is 5.43 Å². The van der Waals surface area contributed by atoms with E-state index >= 15 is 0 Å². The molecule has 1 aromatic heterocycles. The van der Waals surface area contributed by atoms with Crippen LogP contribution < -0.4 is 5.43 Å². The third kappa shape index (κ3) is 4.22. The molecule has 0 radical (unpaired) electrons. The van der Waals surface area contributed by atoms with Gasteiger partial charge in [-0.05, 0) is 25.3 Å². The Bertz CT molecular complexity index is 333. The predicted octanol–water partition coefficient (Wildman–Crippen LogP) is 1.62. The second-order valence-electron chi connectivity index (χ2n) is 2.85. The average molecular weight is 226 g/mol. The van der Waals surface area contributed by atoms with E-state index in [2.05, 4.69) is 10.5 Å².